The molecule has 1 aliphatic rings. The summed E-state index contributed by atoms with van der Waals surface area (Å²) >= 11 is 0. The van der Waals surface area contributed by atoms with E-state index in [4.69, 9.17) is 4.74 Å². The van der Waals surface area contributed by atoms with Crippen LogP contribution in [0.3, 0.4) is 0 Å². The minimum Gasteiger partial charge on any atom is -0.494 e. The second-order valence-corrected chi connectivity index (χ2v) is 5.52. The first kappa shape index (κ1) is 13.9. The third-order valence-corrected chi connectivity index (χ3v) is 3.93. The van der Waals surface area contributed by atoms with E-state index in [1.165, 1.54) is 38.9 Å². The van der Waals surface area contributed by atoms with Gasteiger partial charge < -0.3 is 10.1 Å². The Hall–Kier alpha value is -2.04. The van der Waals surface area contributed by atoms with Crippen LogP contribution in [0, 0.1) is 12.7 Å². The van der Waals surface area contributed by atoms with Gasteiger partial charge in [-0.05, 0) is 31.9 Å². The largest absolute Gasteiger partial charge is 0.494 e. The van der Waals surface area contributed by atoms with E-state index < -0.39 is 0 Å². The summed E-state index contributed by atoms with van der Waals surface area (Å²) in [6.45, 7) is 1.96. The first-order valence-corrected chi connectivity index (χ1v) is 7.34. The summed E-state index contributed by atoms with van der Waals surface area (Å²) in [5.74, 6) is 0.696. The third-order valence-electron chi connectivity index (χ3n) is 3.93. The number of anilines is 1. The minimum atomic E-state index is -0.358. The average Bonchev–Trinajstić information content (AvgIpc) is 3.10. The molecule has 0 radical (unpaired) electrons. The molecule has 0 bridgehead atoms. The Labute approximate surface area is 124 Å². The number of hydrogen-bond acceptors (Lipinski definition) is 3. The molecular formula is C16H20FN3O. The van der Waals surface area contributed by atoms with Crippen molar-refractivity contribution in [3.05, 3.63) is 35.9 Å². The molecule has 1 aromatic carbocycles. The number of ether oxygens (including phenoxy) is 1. The summed E-state index contributed by atoms with van der Waals surface area (Å²) in [5.41, 5.74) is 1.77. The van der Waals surface area contributed by atoms with E-state index in [1.54, 1.807) is 12.1 Å². The molecule has 1 saturated carbocycles. The van der Waals surface area contributed by atoms with Crippen LogP contribution in [0.15, 0.2) is 24.4 Å². The van der Waals surface area contributed by atoms with E-state index in [2.05, 4.69) is 10.3 Å². The Kier molecular flexibility index (Phi) is 3.82. The van der Waals surface area contributed by atoms with Crippen LogP contribution in [-0.4, -0.2) is 22.7 Å². The Morgan fingerprint density at radius 3 is 2.81 bits per heavy atom. The lowest BCUT2D eigenvalue weighted by molar-refractivity contribution is 0.386. The number of rotatable bonds is 4. The molecule has 2 aromatic rings. The van der Waals surface area contributed by atoms with Crippen molar-refractivity contribution in [3.63, 3.8) is 0 Å². The highest BCUT2D eigenvalue weighted by Crippen LogP contribution is 2.26. The molecule has 1 aromatic heterocycles. The van der Waals surface area contributed by atoms with Crippen molar-refractivity contribution in [1.82, 2.24) is 9.55 Å². The molecule has 0 amide bonds. The topological polar surface area (TPSA) is 39.1 Å². The molecule has 21 heavy (non-hydrogen) atoms. The molecule has 0 aliphatic heterocycles. The molecule has 1 N–H and O–H groups in total. The van der Waals surface area contributed by atoms with Crippen molar-refractivity contribution >= 4 is 5.95 Å². The van der Waals surface area contributed by atoms with E-state index in [9.17, 15) is 4.39 Å². The molecule has 112 valence electrons. The predicted molar refractivity (Wildman–Crippen MR) is 80.7 cm³/mol. The average molecular weight is 289 g/mol. The van der Waals surface area contributed by atoms with Gasteiger partial charge in [-0.15, -0.1) is 0 Å². The number of aromatic nitrogens is 2. The smallest absolute Gasteiger partial charge is 0.207 e. The zero-order valence-corrected chi connectivity index (χ0v) is 12.4. The lowest BCUT2D eigenvalue weighted by Gasteiger charge is -2.15. The van der Waals surface area contributed by atoms with E-state index in [0.29, 0.717) is 6.04 Å². The first-order valence-electron chi connectivity index (χ1n) is 7.34. The maximum atomic E-state index is 13.6. The van der Waals surface area contributed by atoms with Crippen LogP contribution < -0.4 is 10.1 Å². The molecular weight excluding hydrogens is 269 g/mol. The standard InChI is InChI=1S/C16H20FN3O/c1-11-10-20(13-7-8-14(17)15(9-13)21-2)16(18-11)19-12-5-3-4-6-12/h7-10,12H,3-6H2,1-2H3,(H,18,19). The van der Waals surface area contributed by atoms with E-state index in [0.717, 1.165) is 17.3 Å². The Bertz CT molecular complexity index is 632. The van der Waals surface area contributed by atoms with Crippen LogP contribution in [0.4, 0.5) is 10.3 Å². The van der Waals surface area contributed by atoms with E-state index >= 15 is 0 Å². The molecule has 0 saturated heterocycles. The number of halogens is 1. The SMILES string of the molecule is COc1cc(-n2cc(C)nc2NC2CCCC2)ccc1F. The van der Waals surface area contributed by atoms with Crippen molar-refractivity contribution in [3.8, 4) is 11.4 Å². The van der Waals surface area contributed by atoms with Gasteiger partial charge in [0.1, 0.15) is 0 Å². The number of imidazole rings is 1. The van der Waals surface area contributed by atoms with E-state index in [-0.39, 0.29) is 11.6 Å². The molecule has 3 rings (SSSR count). The molecule has 1 fully saturated rings. The zero-order chi connectivity index (χ0) is 14.8. The van der Waals surface area contributed by atoms with Gasteiger partial charge in [0, 0.05) is 18.3 Å². The summed E-state index contributed by atoms with van der Waals surface area (Å²) < 4.78 is 20.6. The van der Waals surface area contributed by atoms with Crippen molar-refractivity contribution in [2.75, 3.05) is 12.4 Å². The fourth-order valence-corrected chi connectivity index (χ4v) is 2.85. The lowest BCUT2D eigenvalue weighted by Crippen LogP contribution is -2.17. The molecule has 0 spiro atoms. The highest BCUT2D eigenvalue weighted by molar-refractivity contribution is 5.47. The molecule has 0 atom stereocenters. The Morgan fingerprint density at radius 1 is 1.33 bits per heavy atom. The van der Waals surface area contributed by atoms with Gasteiger partial charge in [-0.1, -0.05) is 12.8 Å². The molecule has 1 heterocycles. The number of methoxy groups -OCH3 is 1. The van der Waals surface area contributed by atoms with Crippen molar-refractivity contribution < 1.29 is 9.13 Å². The Balaban J connectivity index is 1.93. The fraction of sp³-hybridized carbons (Fsp3) is 0.438. The van der Waals surface area contributed by atoms with Gasteiger partial charge in [0.2, 0.25) is 5.95 Å². The summed E-state index contributed by atoms with van der Waals surface area (Å²) in [6.07, 6.45) is 6.84. The molecule has 0 unspecified atom stereocenters. The van der Waals surface area contributed by atoms with Gasteiger partial charge in [0.15, 0.2) is 11.6 Å². The molecule has 5 heteroatoms. The van der Waals surface area contributed by atoms with Crippen molar-refractivity contribution in [2.45, 2.75) is 38.6 Å². The van der Waals surface area contributed by atoms with Crippen LogP contribution in [0.2, 0.25) is 0 Å². The second kappa shape index (κ2) is 5.76. The van der Waals surface area contributed by atoms with Crippen LogP contribution in [-0.2, 0) is 0 Å². The first-order chi connectivity index (χ1) is 10.2. The third kappa shape index (κ3) is 2.86. The summed E-state index contributed by atoms with van der Waals surface area (Å²) in [7, 11) is 1.47. The van der Waals surface area contributed by atoms with Gasteiger partial charge in [-0.2, -0.15) is 0 Å². The molecule has 4 nitrogen and oxygen atoms in total. The number of aryl methyl sites for hydroxylation is 1. The van der Waals surface area contributed by atoms with Gasteiger partial charge in [0.25, 0.3) is 0 Å². The van der Waals surface area contributed by atoms with Gasteiger partial charge in [-0.3, -0.25) is 4.57 Å². The minimum absolute atomic E-state index is 0.241. The normalized spacial score (nSPS) is 15.4. The monoisotopic (exact) mass is 289 g/mol. The summed E-state index contributed by atoms with van der Waals surface area (Å²) in [5, 5.41) is 3.50. The maximum absolute atomic E-state index is 13.6. The van der Waals surface area contributed by atoms with E-state index in [1.807, 2.05) is 17.7 Å². The predicted octanol–water partition coefficient (Wildman–Crippen LogP) is 3.68. The lowest BCUT2D eigenvalue weighted by atomic mass is 10.2. The maximum Gasteiger partial charge on any atom is 0.207 e. The Morgan fingerprint density at radius 2 is 2.10 bits per heavy atom. The van der Waals surface area contributed by atoms with Crippen LogP contribution >= 0.6 is 0 Å². The van der Waals surface area contributed by atoms with Gasteiger partial charge in [0.05, 0.1) is 18.5 Å². The molecule has 1 aliphatic carbocycles. The summed E-state index contributed by atoms with van der Waals surface area (Å²) in [6, 6.07) is 5.32. The number of nitrogens with one attached hydrogen (secondary N) is 1. The van der Waals surface area contributed by atoms with Gasteiger partial charge >= 0.3 is 0 Å². The van der Waals surface area contributed by atoms with Crippen LogP contribution in [0.1, 0.15) is 31.4 Å². The number of benzene rings is 1. The highest BCUT2D eigenvalue weighted by Gasteiger charge is 2.18. The number of hydrogen-bond donors (Lipinski definition) is 1. The van der Waals surface area contributed by atoms with Crippen LogP contribution in [0.5, 0.6) is 5.75 Å². The van der Waals surface area contributed by atoms with Gasteiger partial charge in [-0.25, -0.2) is 9.37 Å². The number of nitrogens with zero attached hydrogens (tertiary/aromatic N) is 2. The highest BCUT2D eigenvalue weighted by atomic mass is 19.1. The van der Waals surface area contributed by atoms with Crippen molar-refractivity contribution in [1.29, 1.82) is 0 Å². The van der Waals surface area contributed by atoms with Crippen LogP contribution in [0.25, 0.3) is 5.69 Å². The van der Waals surface area contributed by atoms with Crippen molar-refractivity contribution in [2.24, 2.45) is 0 Å². The summed E-state index contributed by atoms with van der Waals surface area (Å²) in [4.78, 5) is 4.55. The second-order valence-electron chi connectivity index (χ2n) is 5.52. The zero-order valence-electron chi connectivity index (χ0n) is 12.4. The fourth-order valence-electron chi connectivity index (χ4n) is 2.85. The quantitative estimate of drug-likeness (QED) is 0.933.